The number of hydrogen-bond donors (Lipinski definition) is 2. The number of alkyl halides is 3. The molecule has 1 atom stereocenters. The third-order valence-corrected chi connectivity index (χ3v) is 2.84. The van der Waals surface area contributed by atoms with E-state index in [-0.39, 0.29) is 24.4 Å². The molecule has 0 aromatic carbocycles. The zero-order chi connectivity index (χ0) is 13.3. The highest BCUT2D eigenvalue weighted by Gasteiger charge is 2.46. The highest BCUT2D eigenvalue weighted by molar-refractivity contribution is 6.58. The van der Waals surface area contributed by atoms with E-state index in [1.54, 1.807) is 0 Å². The molecule has 1 aromatic rings. The summed E-state index contributed by atoms with van der Waals surface area (Å²) < 4.78 is 38.2. The predicted molar refractivity (Wildman–Crippen MR) is 58.3 cm³/mol. The second kappa shape index (κ2) is 4.73. The van der Waals surface area contributed by atoms with Gasteiger partial charge >= 0.3 is 13.3 Å². The Bertz CT molecular complexity index is 413. The van der Waals surface area contributed by atoms with Crippen molar-refractivity contribution in [1.82, 2.24) is 9.97 Å². The van der Waals surface area contributed by atoms with Crippen LogP contribution in [0.15, 0.2) is 12.4 Å². The third kappa shape index (κ3) is 2.56. The van der Waals surface area contributed by atoms with Crippen molar-refractivity contribution in [2.75, 3.05) is 11.4 Å². The Morgan fingerprint density at radius 3 is 2.39 bits per heavy atom. The van der Waals surface area contributed by atoms with Crippen molar-refractivity contribution in [3.05, 3.63) is 12.4 Å². The van der Waals surface area contributed by atoms with Gasteiger partial charge in [0.25, 0.3) is 0 Å². The molecule has 1 fully saturated rings. The normalized spacial score (nSPS) is 20.3. The van der Waals surface area contributed by atoms with Gasteiger partial charge in [0.15, 0.2) is 0 Å². The molecule has 2 N–H and O–H groups in total. The highest BCUT2D eigenvalue weighted by atomic mass is 19.4. The lowest BCUT2D eigenvalue weighted by Gasteiger charge is -2.26. The second-order valence-electron chi connectivity index (χ2n) is 4.08. The van der Waals surface area contributed by atoms with Gasteiger partial charge in [-0.2, -0.15) is 13.2 Å². The molecule has 1 aromatic heterocycles. The highest BCUT2D eigenvalue weighted by Crippen LogP contribution is 2.34. The minimum absolute atomic E-state index is 0.0250. The molecule has 0 spiro atoms. The summed E-state index contributed by atoms with van der Waals surface area (Å²) in [5.41, 5.74) is 0.0431. The van der Waals surface area contributed by atoms with Gasteiger partial charge < -0.3 is 14.9 Å². The fourth-order valence-corrected chi connectivity index (χ4v) is 1.96. The fourth-order valence-electron chi connectivity index (χ4n) is 1.96. The van der Waals surface area contributed by atoms with Gasteiger partial charge in [0.1, 0.15) is 6.04 Å². The number of rotatable bonds is 2. The number of nitrogens with zero attached hydrogens (tertiary/aromatic N) is 3. The second-order valence-corrected chi connectivity index (χ2v) is 4.08. The number of halogens is 3. The van der Waals surface area contributed by atoms with Gasteiger partial charge in [0, 0.05) is 24.4 Å². The topological polar surface area (TPSA) is 69.5 Å². The van der Waals surface area contributed by atoms with Crippen molar-refractivity contribution in [3.8, 4) is 0 Å². The largest absolute Gasteiger partial charge is 0.491 e. The third-order valence-electron chi connectivity index (χ3n) is 2.84. The van der Waals surface area contributed by atoms with E-state index >= 15 is 0 Å². The summed E-state index contributed by atoms with van der Waals surface area (Å²) in [7, 11) is -1.73. The van der Waals surface area contributed by atoms with Crippen LogP contribution in [-0.2, 0) is 0 Å². The Morgan fingerprint density at radius 2 is 1.89 bits per heavy atom. The molecule has 0 amide bonds. The Hall–Kier alpha value is -1.35. The Kier molecular flexibility index (Phi) is 3.44. The van der Waals surface area contributed by atoms with E-state index in [1.165, 1.54) is 0 Å². The summed E-state index contributed by atoms with van der Waals surface area (Å²) >= 11 is 0. The summed E-state index contributed by atoms with van der Waals surface area (Å²) in [5.74, 6) is -0.0424. The van der Waals surface area contributed by atoms with Crippen LogP contribution in [0, 0.1) is 0 Å². The van der Waals surface area contributed by atoms with Crippen LogP contribution < -0.4 is 10.4 Å². The molecule has 9 heteroatoms. The molecule has 1 aliphatic rings. The summed E-state index contributed by atoms with van der Waals surface area (Å²) in [6.45, 7) is 0.241. The molecule has 2 heterocycles. The molecule has 2 rings (SSSR count). The molecule has 98 valence electrons. The minimum atomic E-state index is -4.31. The van der Waals surface area contributed by atoms with Crippen LogP contribution in [0.5, 0.6) is 0 Å². The first kappa shape index (κ1) is 13.1. The van der Waals surface area contributed by atoms with Gasteiger partial charge in [-0.1, -0.05) is 0 Å². The van der Waals surface area contributed by atoms with Gasteiger partial charge in [-0.05, 0) is 12.8 Å². The maximum Gasteiger partial charge on any atom is 0.491 e. The average molecular weight is 261 g/mol. The maximum atomic E-state index is 12.7. The lowest BCUT2D eigenvalue weighted by atomic mass is 9.83. The fraction of sp³-hybridized carbons (Fsp3) is 0.556. The minimum Gasteiger partial charge on any atom is -0.423 e. The predicted octanol–water partition coefficient (Wildman–Crippen LogP) is -0.313. The van der Waals surface area contributed by atoms with Crippen LogP contribution in [-0.4, -0.2) is 45.9 Å². The first-order chi connectivity index (χ1) is 8.39. The quantitative estimate of drug-likeness (QED) is 0.714. The molecule has 18 heavy (non-hydrogen) atoms. The standard InChI is InChI=1S/C9H11BF3N3O2/c11-9(12,13)7-2-1-3-16(7)8-14-4-6(5-15-8)10(17)18/h4-5,7,17-18H,1-3H2/t7-/m1/s1. The summed E-state index contributed by atoms with van der Waals surface area (Å²) in [6.07, 6.45) is -1.64. The number of aromatic nitrogens is 2. The maximum absolute atomic E-state index is 12.7. The van der Waals surface area contributed by atoms with Gasteiger partial charge in [0.05, 0.1) is 0 Å². The van der Waals surface area contributed by atoms with E-state index in [0.717, 1.165) is 17.3 Å². The first-order valence-corrected chi connectivity index (χ1v) is 5.41. The molecule has 0 unspecified atom stereocenters. The summed E-state index contributed by atoms with van der Waals surface area (Å²) in [4.78, 5) is 8.57. The van der Waals surface area contributed by atoms with Crippen molar-refractivity contribution >= 4 is 18.5 Å². The van der Waals surface area contributed by atoms with Crippen LogP contribution >= 0.6 is 0 Å². The molecule has 0 saturated carbocycles. The van der Waals surface area contributed by atoms with Gasteiger partial charge in [0.2, 0.25) is 5.95 Å². The zero-order valence-corrected chi connectivity index (χ0v) is 9.30. The number of hydrogen-bond acceptors (Lipinski definition) is 5. The van der Waals surface area contributed by atoms with Crippen molar-refractivity contribution in [1.29, 1.82) is 0 Å². The zero-order valence-electron chi connectivity index (χ0n) is 9.30. The molecule has 0 bridgehead atoms. The molecular weight excluding hydrogens is 250 g/mol. The van der Waals surface area contributed by atoms with Crippen LogP contribution in [0.3, 0.4) is 0 Å². The van der Waals surface area contributed by atoms with E-state index in [4.69, 9.17) is 10.0 Å². The van der Waals surface area contributed by atoms with Crippen molar-refractivity contribution in [2.24, 2.45) is 0 Å². The smallest absolute Gasteiger partial charge is 0.423 e. The van der Waals surface area contributed by atoms with Crippen molar-refractivity contribution in [3.63, 3.8) is 0 Å². The molecule has 1 saturated heterocycles. The van der Waals surface area contributed by atoms with Crippen LogP contribution in [0.1, 0.15) is 12.8 Å². The Morgan fingerprint density at radius 1 is 1.28 bits per heavy atom. The van der Waals surface area contributed by atoms with Gasteiger partial charge in [-0.15, -0.1) is 0 Å². The lowest BCUT2D eigenvalue weighted by molar-refractivity contribution is -0.146. The van der Waals surface area contributed by atoms with Gasteiger partial charge in [-0.25, -0.2) is 9.97 Å². The van der Waals surface area contributed by atoms with E-state index in [9.17, 15) is 13.2 Å². The first-order valence-electron chi connectivity index (χ1n) is 5.41. The Balaban J connectivity index is 2.20. The van der Waals surface area contributed by atoms with Crippen molar-refractivity contribution in [2.45, 2.75) is 25.1 Å². The molecule has 1 aliphatic heterocycles. The van der Waals surface area contributed by atoms with E-state index in [1.807, 2.05) is 0 Å². The Labute approximate surface area is 101 Å². The number of anilines is 1. The van der Waals surface area contributed by atoms with E-state index < -0.39 is 19.3 Å². The van der Waals surface area contributed by atoms with E-state index in [0.29, 0.717) is 6.42 Å². The van der Waals surface area contributed by atoms with Crippen molar-refractivity contribution < 1.29 is 23.2 Å². The molecule has 0 aliphatic carbocycles. The SMILES string of the molecule is OB(O)c1cnc(N2CCC[C@@H]2C(F)(F)F)nc1. The van der Waals surface area contributed by atoms with E-state index in [2.05, 4.69) is 9.97 Å². The van der Waals surface area contributed by atoms with Crippen LogP contribution in [0.4, 0.5) is 19.1 Å². The molecule has 0 radical (unpaired) electrons. The van der Waals surface area contributed by atoms with Crippen LogP contribution in [0.2, 0.25) is 0 Å². The van der Waals surface area contributed by atoms with Crippen LogP contribution in [0.25, 0.3) is 0 Å². The van der Waals surface area contributed by atoms with Gasteiger partial charge in [-0.3, -0.25) is 0 Å². The molecule has 5 nitrogen and oxygen atoms in total. The molecular formula is C9H11BF3N3O2. The summed E-state index contributed by atoms with van der Waals surface area (Å²) in [5, 5.41) is 17.7. The average Bonchev–Trinajstić information content (AvgIpc) is 2.77. The summed E-state index contributed by atoms with van der Waals surface area (Å²) in [6, 6.07) is -1.57. The monoisotopic (exact) mass is 261 g/mol. The lowest BCUT2D eigenvalue weighted by Crippen LogP contribution is -2.42.